The van der Waals surface area contributed by atoms with Gasteiger partial charge in [-0.15, -0.1) is 0 Å². The summed E-state index contributed by atoms with van der Waals surface area (Å²) in [5.41, 5.74) is 7.24. The van der Waals surface area contributed by atoms with Crippen LogP contribution in [0.2, 0.25) is 0 Å². The number of amides is 1. The highest BCUT2D eigenvalue weighted by atomic mass is 16.5. The number of hydrogen-bond donors (Lipinski definition) is 2. The molecule has 0 fully saturated rings. The quantitative estimate of drug-likeness (QED) is 0.378. The molecule has 4 rings (SSSR count). The van der Waals surface area contributed by atoms with Crippen molar-refractivity contribution in [2.75, 3.05) is 7.11 Å². The highest BCUT2D eigenvalue weighted by molar-refractivity contribution is 5.93. The Bertz CT molecular complexity index is 1120. The number of rotatable bonds is 5. The predicted molar refractivity (Wildman–Crippen MR) is 112 cm³/mol. The first-order chi connectivity index (χ1) is 14.2. The molecule has 5 heteroatoms. The Morgan fingerprint density at radius 3 is 2.17 bits per heavy atom. The van der Waals surface area contributed by atoms with Gasteiger partial charge >= 0.3 is 0 Å². The average Bonchev–Trinajstić information content (AvgIpc) is 3.25. The number of hydroxylamine groups is 1. The summed E-state index contributed by atoms with van der Waals surface area (Å²) in [4.78, 5) is 11.6. The van der Waals surface area contributed by atoms with Gasteiger partial charge in [-0.2, -0.15) is 0 Å². The van der Waals surface area contributed by atoms with E-state index >= 15 is 0 Å². The van der Waals surface area contributed by atoms with Crippen LogP contribution in [-0.2, 0) is 0 Å². The highest BCUT2D eigenvalue weighted by Crippen LogP contribution is 2.32. The lowest BCUT2D eigenvalue weighted by Gasteiger charge is -2.10. The summed E-state index contributed by atoms with van der Waals surface area (Å²) in [5.74, 6) is 0.278. The van der Waals surface area contributed by atoms with Crippen LogP contribution in [0.3, 0.4) is 0 Å². The summed E-state index contributed by atoms with van der Waals surface area (Å²) in [5, 5.41) is 8.82. The zero-order chi connectivity index (χ0) is 20.2. The summed E-state index contributed by atoms with van der Waals surface area (Å²) in [7, 11) is 1.65. The van der Waals surface area contributed by atoms with Crippen LogP contribution < -0.4 is 10.2 Å². The molecule has 0 saturated heterocycles. The minimum Gasteiger partial charge on any atom is -0.497 e. The largest absolute Gasteiger partial charge is 0.497 e. The fourth-order valence-electron chi connectivity index (χ4n) is 3.29. The molecule has 5 nitrogen and oxygen atoms in total. The van der Waals surface area contributed by atoms with Gasteiger partial charge in [0.2, 0.25) is 0 Å². The fourth-order valence-corrected chi connectivity index (χ4v) is 3.29. The van der Waals surface area contributed by atoms with Crippen molar-refractivity contribution >= 4 is 5.91 Å². The van der Waals surface area contributed by atoms with Crippen LogP contribution in [0.15, 0.2) is 91.1 Å². The molecule has 0 radical (unpaired) electrons. The number of carbonyl (C=O) groups excluding carboxylic acids is 1. The molecule has 1 aromatic heterocycles. The minimum atomic E-state index is -0.536. The molecular weight excluding hydrogens is 364 g/mol. The van der Waals surface area contributed by atoms with Gasteiger partial charge in [-0.3, -0.25) is 10.0 Å². The van der Waals surface area contributed by atoms with E-state index in [2.05, 4.69) is 29.0 Å². The van der Waals surface area contributed by atoms with Crippen molar-refractivity contribution in [2.45, 2.75) is 0 Å². The molecule has 29 heavy (non-hydrogen) atoms. The first kappa shape index (κ1) is 18.5. The number of benzene rings is 3. The highest BCUT2D eigenvalue weighted by Gasteiger charge is 2.12. The van der Waals surface area contributed by atoms with Crippen molar-refractivity contribution in [1.29, 1.82) is 0 Å². The molecule has 0 atom stereocenters. The number of methoxy groups -OCH3 is 1. The van der Waals surface area contributed by atoms with Crippen molar-refractivity contribution in [3.63, 3.8) is 0 Å². The summed E-state index contributed by atoms with van der Waals surface area (Å²) in [6.45, 7) is 0. The van der Waals surface area contributed by atoms with Crippen LogP contribution in [0.5, 0.6) is 5.75 Å². The average molecular weight is 384 g/mol. The van der Waals surface area contributed by atoms with Gasteiger partial charge in [-0.1, -0.05) is 42.5 Å². The third-order valence-electron chi connectivity index (χ3n) is 4.82. The normalized spacial score (nSPS) is 10.6. The Hall–Kier alpha value is -3.83. The molecular formula is C24H20N2O3. The van der Waals surface area contributed by atoms with Gasteiger partial charge in [0.15, 0.2) is 0 Å². The molecule has 144 valence electrons. The maximum Gasteiger partial charge on any atom is 0.274 e. The zero-order valence-electron chi connectivity index (χ0n) is 15.9. The van der Waals surface area contributed by atoms with Crippen molar-refractivity contribution < 1.29 is 14.7 Å². The van der Waals surface area contributed by atoms with E-state index in [9.17, 15) is 4.79 Å². The molecule has 0 bridgehead atoms. The van der Waals surface area contributed by atoms with E-state index in [-0.39, 0.29) is 0 Å². The second kappa shape index (κ2) is 8.04. The standard InChI is InChI=1S/C24H20N2O3/c1-29-22-13-9-17(10-14-22)20-15-23(18-5-3-2-4-6-18)26(16-20)21-11-7-19(8-12-21)24(27)25-28/h2-16,28H,1H3,(H,25,27). The Kier molecular flexibility index (Phi) is 5.14. The Balaban J connectivity index is 1.81. The molecule has 0 spiro atoms. The Labute approximate surface area is 168 Å². The fraction of sp³-hybridized carbons (Fsp3) is 0.0417. The lowest BCUT2D eigenvalue weighted by Crippen LogP contribution is -2.18. The lowest BCUT2D eigenvalue weighted by atomic mass is 10.1. The zero-order valence-corrected chi connectivity index (χ0v) is 15.9. The number of carbonyl (C=O) groups is 1. The Morgan fingerprint density at radius 1 is 0.862 bits per heavy atom. The van der Waals surface area contributed by atoms with Crippen LogP contribution in [0.4, 0.5) is 0 Å². The number of nitrogens with one attached hydrogen (secondary N) is 1. The molecule has 1 heterocycles. The molecule has 3 aromatic carbocycles. The molecule has 4 aromatic rings. The summed E-state index contributed by atoms with van der Waals surface area (Å²) < 4.78 is 7.35. The molecule has 0 aliphatic carbocycles. The Morgan fingerprint density at radius 2 is 1.55 bits per heavy atom. The van der Waals surface area contributed by atoms with E-state index < -0.39 is 5.91 Å². The molecule has 0 aliphatic rings. The SMILES string of the molecule is COc1ccc(-c2cc(-c3ccccc3)n(-c3ccc(C(=O)NO)cc3)c2)cc1. The van der Waals surface area contributed by atoms with Gasteiger partial charge in [0.25, 0.3) is 5.91 Å². The van der Waals surface area contributed by atoms with Crippen LogP contribution in [0.25, 0.3) is 28.1 Å². The van der Waals surface area contributed by atoms with E-state index in [1.54, 1.807) is 24.7 Å². The summed E-state index contributed by atoms with van der Waals surface area (Å²) >= 11 is 0. The second-order valence-corrected chi connectivity index (χ2v) is 6.57. The van der Waals surface area contributed by atoms with Gasteiger partial charge in [-0.25, -0.2) is 5.48 Å². The van der Waals surface area contributed by atoms with Crippen molar-refractivity contribution in [1.82, 2.24) is 10.0 Å². The van der Waals surface area contributed by atoms with Crippen molar-refractivity contribution in [2.24, 2.45) is 0 Å². The topological polar surface area (TPSA) is 63.5 Å². The second-order valence-electron chi connectivity index (χ2n) is 6.57. The van der Waals surface area contributed by atoms with Gasteiger partial charge in [-0.05, 0) is 53.6 Å². The van der Waals surface area contributed by atoms with Crippen LogP contribution in [-0.4, -0.2) is 22.8 Å². The van der Waals surface area contributed by atoms with E-state index in [0.717, 1.165) is 33.8 Å². The third-order valence-corrected chi connectivity index (χ3v) is 4.82. The molecule has 0 saturated carbocycles. The van der Waals surface area contributed by atoms with Crippen LogP contribution in [0, 0.1) is 0 Å². The summed E-state index contributed by atoms with van der Waals surface area (Å²) in [6.07, 6.45) is 2.07. The minimum absolute atomic E-state index is 0.389. The van der Waals surface area contributed by atoms with Gasteiger partial charge < -0.3 is 9.30 Å². The smallest absolute Gasteiger partial charge is 0.274 e. The van der Waals surface area contributed by atoms with Crippen molar-refractivity contribution in [3.05, 3.63) is 96.7 Å². The van der Waals surface area contributed by atoms with E-state index in [1.807, 2.05) is 54.6 Å². The van der Waals surface area contributed by atoms with E-state index in [4.69, 9.17) is 9.94 Å². The maximum atomic E-state index is 11.6. The van der Waals surface area contributed by atoms with Crippen molar-refractivity contribution in [3.8, 4) is 33.8 Å². The van der Waals surface area contributed by atoms with Gasteiger partial charge in [0.1, 0.15) is 5.75 Å². The van der Waals surface area contributed by atoms with Crippen LogP contribution in [0.1, 0.15) is 10.4 Å². The number of ether oxygens (including phenoxy) is 1. The molecule has 0 unspecified atom stereocenters. The first-order valence-corrected chi connectivity index (χ1v) is 9.16. The van der Waals surface area contributed by atoms with Crippen LogP contribution >= 0.6 is 0 Å². The first-order valence-electron chi connectivity index (χ1n) is 9.16. The lowest BCUT2D eigenvalue weighted by molar-refractivity contribution is 0.0706. The third kappa shape index (κ3) is 3.77. The maximum absolute atomic E-state index is 11.6. The number of hydrogen-bond acceptors (Lipinski definition) is 3. The number of nitrogens with zero attached hydrogens (tertiary/aromatic N) is 1. The number of aromatic nitrogens is 1. The van der Waals surface area contributed by atoms with Gasteiger partial charge in [0, 0.05) is 23.0 Å². The molecule has 1 amide bonds. The van der Waals surface area contributed by atoms with E-state index in [1.165, 1.54) is 0 Å². The predicted octanol–water partition coefficient (Wildman–Crippen LogP) is 4.94. The van der Waals surface area contributed by atoms with Gasteiger partial charge in [0.05, 0.1) is 12.8 Å². The van der Waals surface area contributed by atoms with E-state index in [0.29, 0.717) is 5.56 Å². The monoisotopic (exact) mass is 384 g/mol. The molecule has 2 N–H and O–H groups in total. The molecule has 0 aliphatic heterocycles. The summed E-state index contributed by atoms with van der Waals surface area (Å²) in [6, 6.07) is 27.3.